The lowest BCUT2D eigenvalue weighted by molar-refractivity contribution is 0.0689. The van der Waals surface area contributed by atoms with E-state index in [0.717, 1.165) is 0 Å². The van der Waals surface area contributed by atoms with Gasteiger partial charge in [-0.15, -0.1) is 11.3 Å². The number of hydrogen-bond acceptors (Lipinski definition) is 4. The second kappa shape index (κ2) is 4.07. The summed E-state index contributed by atoms with van der Waals surface area (Å²) in [5.74, 6) is -0.767. The van der Waals surface area contributed by atoms with Crippen molar-refractivity contribution >= 4 is 33.9 Å². The van der Waals surface area contributed by atoms with Gasteiger partial charge in [-0.1, -0.05) is 11.6 Å². The Morgan fingerprint density at radius 3 is 2.79 bits per heavy atom. The Labute approximate surface area is 116 Å². The lowest BCUT2D eigenvalue weighted by Crippen LogP contribution is -2.09. The highest BCUT2D eigenvalue weighted by Gasteiger charge is 2.23. The normalized spacial score (nSPS) is 11.3. The molecule has 3 aromatic rings. The van der Waals surface area contributed by atoms with Crippen LogP contribution >= 0.6 is 22.9 Å². The molecular formula is C11H9ClN4O2S. The van der Waals surface area contributed by atoms with Gasteiger partial charge < -0.3 is 5.11 Å². The van der Waals surface area contributed by atoms with Gasteiger partial charge >= 0.3 is 5.97 Å². The molecule has 6 nitrogen and oxygen atoms in total. The van der Waals surface area contributed by atoms with Gasteiger partial charge in [0.1, 0.15) is 0 Å². The summed E-state index contributed by atoms with van der Waals surface area (Å²) in [5, 5.41) is 15.9. The van der Waals surface area contributed by atoms with Crippen LogP contribution in [0.25, 0.3) is 10.8 Å². The van der Waals surface area contributed by atoms with E-state index >= 15 is 0 Å². The predicted molar refractivity (Wildman–Crippen MR) is 71.6 cm³/mol. The number of carboxylic acid groups (broad SMARTS) is 1. The van der Waals surface area contributed by atoms with Crippen molar-refractivity contribution in [1.82, 2.24) is 19.2 Å². The third-order valence-corrected chi connectivity index (χ3v) is 4.15. The molecule has 0 saturated carbocycles. The number of carbonyl (C=O) groups is 1. The molecule has 0 bridgehead atoms. The Morgan fingerprint density at radius 2 is 2.21 bits per heavy atom. The number of hydrogen-bond donors (Lipinski definition) is 1. The first-order chi connectivity index (χ1) is 9.00. The van der Waals surface area contributed by atoms with Gasteiger partial charge in [0.15, 0.2) is 16.5 Å². The van der Waals surface area contributed by atoms with Gasteiger partial charge in [0.05, 0.1) is 16.4 Å². The molecule has 19 heavy (non-hydrogen) atoms. The molecule has 0 aliphatic rings. The molecule has 0 atom stereocenters. The van der Waals surface area contributed by atoms with Crippen LogP contribution in [0.4, 0.5) is 0 Å². The molecule has 0 aliphatic heterocycles. The van der Waals surface area contributed by atoms with E-state index in [-0.39, 0.29) is 11.5 Å². The van der Waals surface area contributed by atoms with Gasteiger partial charge in [0, 0.05) is 11.6 Å². The van der Waals surface area contributed by atoms with Crippen LogP contribution in [0.1, 0.15) is 21.9 Å². The number of rotatable bonds is 2. The Kier molecular flexibility index (Phi) is 2.61. The molecule has 0 fully saturated rings. The smallest absolute Gasteiger partial charge is 0.356 e. The molecular weight excluding hydrogens is 288 g/mol. The van der Waals surface area contributed by atoms with Gasteiger partial charge in [-0.25, -0.2) is 9.48 Å². The first-order valence-corrected chi connectivity index (χ1v) is 6.67. The summed E-state index contributed by atoms with van der Waals surface area (Å²) < 4.78 is 3.01. The van der Waals surface area contributed by atoms with Crippen LogP contribution in [0, 0.1) is 13.8 Å². The zero-order valence-corrected chi connectivity index (χ0v) is 11.7. The first-order valence-electron chi connectivity index (χ1n) is 5.41. The molecule has 3 aromatic heterocycles. The summed E-state index contributed by atoms with van der Waals surface area (Å²) in [6.45, 7) is 3.55. The van der Waals surface area contributed by atoms with Crippen LogP contribution in [0.5, 0.6) is 0 Å². The molecule has 0 saturated heterocycles. The predicted octanol–water partition coefficient (Wildman–Crippen LogP) is 2.55. The molecule has 0 spiro atoms. The van der Waals surface area contributed by atoms with Crippen LogP contribution in [-0.2, 0) is 0 Å². The van der Waals surface area contributed by atoms with Crippen molar-refractivity contribution in [3.05, 3.63) is 33.7 Å². The number of nitrogens with zero attached hydrogens (tertiary/aromatic N) is 4. The minimum atomic E-state index is -1.05. The largest absolute Gasteiger partial charge is 0.476 e. The minimum absolute atomic E-state index is 0.0820. The number of aromatic nitrogens is 4. The number of thiazole rings is 1. The van der Waals surface area contributed by atoms with Gasteiger partial charge in [0.25, 0.3) is 0 Å². The van der Waals surface area contributed by atoms with Gasteiger partial charge in [0.2, 0.25) is 0 Å². The highest BCUT2D eigenvalue weighted by molar-refractivity contribution is 7.15. The average Bonchev–Trinajstić information content (AvgIpc) is 2.97. The summed E-state index contributed by atoms with van der Waals surface area (Å²) in [5.41, 5.74) is 1.40. The summed E-state index contributed by atoms with van der Waals surface area (Å²) in [4.78, 5) is 16.4. The number of carboxylic acids is 1. The molecule has 0 unspecified atom stereocenters. The Morgan fingerprint density at radius 1 is 1.47 bits per heavy atom. The van der Waals surface area contributed by atoms with E-state index in [9.17, 15) is 9.90 Å². The van der Waals surface area contributed by atoms with E-state index in [2.05, 4.69) is 10.1 Å². The highest BCUT2D eigenvalue weighted by Crippen LogP contribution is 2.26. The summed E-state index contributed by atoms with van der Waals surface area (Å²) >= 11 is 7.46. The molecule has 0 radical (unpaired) electrons. The Bertz CT molecular complexity index is 801. The van der Waals surface area contributed by atoms with E-state index in [1.165, 1.54) is 20.4 Å². The van der Waals surface area contributed by atoms with Crippen molar-refractivity contribution in [2.45, 2.75) is 13.8 Å². The van der Waals surface area contributed by atoms with Gasteiger partial charge in [-0.3, -0.25) is 4.40 Å². The van der Waals surface area contributed by atoms with Crippen molar-refractivity contribution in [2.24, 2.45) is 0 Å². The van der Waals surface area contributed by atoms with Gasteiger partial charge in [-0.2, -0.15) is 10.1 Å². The third-order valence-electron chi connectivity index (χ3n) is 2.85. The zero-order valence-electron chi connectivity index (χ0n) is 10.1. The fourth-order valence-electron chi connectivity index (χ4n) is 1.95. The van der Waals surface area contributed by atoms with Crippen molar-refractivity contribution in [3.63, 3.8) is 0 Å². The third kappa shape index (κ3) is 1.66. The summed E-state index contributed by atoms with van der Waals surface area (Å²) in [6, 6.07) is 0. The molecule has 1 N–H and O–H groups in total. The van der Waals surface area contributed by atoms with Crippen LogP contribution in [0.15, 0.2) is 11.6 Å². The van der Waals surface area contributed by atoms with E-state index < -0.39 is 5.97 Å². The van der Waals surface area contributed by atoms with E-state index in [0.29, 0.717) is 21.4 Å². The number of imidazole rings is 1. The van der Waals surface area contributed by atoms with E-state index in [1.807, 2.05) is 0 Å². The van der Waals surface area contributed by atoms with Crippen molar-refractivity contribution in [1.29, 1.82) is 0 Å². The Balaban J connectivity index is 2.35. The number of fused-ring (bicyclic) bond motifs is 1. The second-order valence-corrected chi connectivity index (χ2v) is 5.29. The van der Waals surface area contributed by atoms with Gasteiger partial charge in [-0.05, 0) is 13.8 Å². The maximum absolute atomic E-state index is 11.4. The summed E-state index contributed by atoms with van der Waals surface area (Å²) in [7, 11) is 0. The fourth-order valence-corrected chi connectivity index (χ4v) is 2.78. The van der Waals surface area contributed by atoms with Crippen molar-refractivity contribution in [3.8, 4) is 5.82 Å². The monoisotopic (exact) mass is 296 g/mol. The number of aryl methyl sites for hydroxylation is 1. The van der Waals surface area contributed by atoms with E-state index in [1.54, 1.807) is 25.4 Å². The maximum Gasteiger partial charge on any atom is 0.356 e. The van der Waals surface area contributed by atoms with Crippen molar-refractivity contribution in [2.75, 3.05) is 0 Å². The van der Waals surface area contributed by atoms with Crippen LogP contribution in [0.3, 0.4) is 0 Å². The maximum atomic E-state index is 11.4. The molecule has 0 aliphatic carbocycles. The second-order valence-electron chi connectivity index (χ2n) is 4.04. The highest BCUT2D eigenvalue weighted by atomic mass is 35.5. The Hall–Kier alpha value is -1.86. The quantitative estimate of drug-likeness (QED) is 0.789. The van der Waals surface area contributed by atoms with Crippen LogP contribution in [-0.4, -0.2) is 30.2 Å². The molecule has 3 heterocycles. The van der Waals surface area contributed by atoms with E-state index in [4.69, 9.17) is 11.6 Å². The molecule has 0 aromatic carbocycles. The molecule has 0 amide bonds. The standard InChI is InChI=1S/C11H9ClN4O2S/c1-5-7(12)6(2)16(14-5)9-8(10(17)18)15-3-4-19-11(15)13-9/h3-4H,1-2H3,(H,17,18). The van der Waals surface area contributed by atoms with Crippen LogP contribution < -0.4 is 0 Å². The molecule has 98 valence electrons. The lowest BCUT2D eigenvalue weighted by atomic mass is 10.4. The SMILES string of the molecule is Cc1nn(-c2nc3sccn3c2C(=O)O)c(C)c1Cl. The molecule has 3 rings (SSSR count). The lowest BCUT2D eigenvalue weighted by Gasteiger charge is -2.01. The number of halogens is 1. The first kappa shape index (κ1) is 12.2. The summed E-state index contributed by atoms with van der Waals surface area (Å²) in [6.07, 6.45) is 1.67. The average molecular weight is 297 g/mol. The zero-order chi connectivity index (χ0) is 13.7. The minimum Gasteiger partial charge on any atom is -0.476 e. The van der Waals surface area contributed by atoms with Crippen LogP contribution in [0.2, 0.25) is 5.02 Å². The molecule has 8 heteroatoms. The number of aromatic carboxylic acids is 1. The fraction of sp³-hybridized carbons (Fsp3) is 0.182. The van der Waals surface area contributed by atoms with Crippen molar-refractivity contribution < 1.29 is 9.90 Å². The topological polar surface area (TPSA) is 72.4 Å².